The van der Waals surface area contributed by atoms with Gasteiger partial charge in [0, 0.05) is 23.6 Å². The molecule has 1 aromatic heterocycles. The number of ketones is 1. The molecular weight excluding hydrogens is 294 g/mol. The minimum absolute atomic E-state index is 0.00276. The summed E-state index contributed by atoms with van der Waals surface area (Å²) in [6, 6.07) is 8.87. The summed E-state index contributed by atoms with van der Waals surface area (Å²) in [4.78, 5) is 24.3. The molecule has 1 amide bonds. The van der Waals surface area contributed by atoms with Gasteiger partial charge in [0.15, 0.2) is 5.78 Å². The molecule has 1 heterocycles. The van der Waals surface area contributed by atoms with Crippen LogP contribution in [-0.2, 0) is 4.79 Å². The molecule has 1 aromatic carbocycles. The first-order valence-electron chi connectivity index (χ1n) is 6.19. The second-order valence-corrected chi connectivity index (χ2v) is 5.79. The Labute approximate surface area is 126 Å². The second-order valence-electron chi connectivity index (χ2n) is 4.41. The third kappa shape index (κ3) is 3.92. The van der Waals surface area contributed by atoms with E-state index in [4.69, 9.17) is 11.6 Å². The fourth-order valence-corrected chi connectivity index (χ4v) is 2.69. The molecule has 0 saturated carbocycles. The average molecular weight is 308 g/mol. The van der Waals surface area contributed by atoms with Crippen LogP contribution in [0.1, 0.15) is 28.1 Å². The standard InChI is InChI=1S/C15H14ClNO2S/c1-10-9-11(16)4-5-12(10)17-15(19)7-6-13(18)14-3-2-8-20-14/h2-5,8-9H,6-7H2,1H3,(H,17,19). The first-order valence-corrected chi connectivity index (χ1v) is 7.45. The molecule has 2 aromatic rings. The van der Waals surface area contributed by atoms with Crippen molar-refractivity contribution in [2.24, 2.45) is 0 Å². The molecule has 0 aliphatic heterocycles. The molecule has 0 radical (unpaired) electrons. The summed E-state index contributed by atoms with van der Waals surface area (Å²) >= 11 is 7.25. The second kappa shape index (κ2) is 6.68. The number of hydrogen-bond donors (Lipinski definition) is 1. The van der Waals surface area contributed by atoms with Gasteiger partial charge in [-0.3, -0.25) is 9.59 Å². The fraction of sp³-hybridized carbons (Fsp3) is 0.200. The van der Waals surface area contributed by atoms with Crippen molar-refractivity contribution in [1.29, 1.82) is 0 Å². The Morgan fingerprint density at radius 2 is 2.05 bits per heavy atom. The van der Waals surface area contributed by atoms with Crippen molar-refractivity contribution in [2.45, 2.75) is 19.8 Å². The minimum Gasteiger partial charge on any atom is -0.326 e. The highest BCUT2D eigenvalue weighted by atomic mass is 35.5. The molecule has 104 valence electrons. The number of halogens is 1. The monoisotopic (exact) mass is 307 g/mol. The summed E-state index contributed by atoms with van der Waals surface area (Å²) in [6.07, 6.45) is 0.401. The summed E-state index contributed by atoms with van der Waals surface area (Å²) in [5.74, 6) is -0.164. The molecule has 0 fully saturated rings. The van der Waals surface area contributed by atoms with Crippen LogP contribution < -0.4 is 5.32 Å². The van der Waals surface area contributed by atoms with E-state index in [9.17, 15) is 9.59 Å². The van der Waals surface area contributed by atoms with Crippen molar-refractivity contribution in [3.05, 3.63) is 51.2 Å². The molecule has 0 atom stereocenters. The minimum atomic E-state index is -0.166. The summed E-state index contributed by atoms with van der Waals surface area (Å²) in [5.41, 5.74) is 1.62. The maximum absolute atomic E-state index is 11.8. The zero-order valence-corrected chi connectivity index (χ0v) is 12.6. The normalized spacial score (nSPS) is 10.3. The van der Waals surface area contributed by atoms with Gasteiger partial charge in [0.05, 0.1) is 4.88 Å². The highest BCUT2D eigenvalue weighted by Gasteiger charge is 2.11. The molecule has 5 heteroatoms. The third-order valence-corrected chi connectivity index (χ3v) is 3.98. The van der Waals surface area contributed by atoms with Crippen molar-refractivity contribution in [3.8, 4) is 0 Å². The predicted octanol–water partition coefficient (Wildman–Crippen LogP) is 4.31. The first kappa shape index (κ1) is 14.8. The van der Waals surface area contributed by atoms with Gasteiger partial charge >= 0.3 is 0 Å². The van der Waals surface area contributed by atoms with Gasteiger partial charge in [0.2, 0.25) is 5.91 Å². The lowest BCUT2D eigenvalue weighted by atomic mass is 10.1. The summed E-state index contributed by atoms with van der Waals surface area (Å²) in [7, 11) is 0. The highest BCUT2D eigenvalue weighted by molar-refractivity contribution is 7.12. The Bertz CT molecular complexity index is 623. The lowest BCUT2D eigenvalue weighted by molar-refractivity contribution is -0.116. The molecule has 0 spiro atoms. The van der Waals surface area contributed by atoms with E-state index in [1.165, 1.54) is 11.3 Å². The van der Waals surface area contributed by atoms with Crippen molar-refractivity contribution in [2.75, 3.05) is 5.32 Å². The Kier molecular flexibility index (Phi) is 4.93. The van der Waals surface area contributed by atoms with Crippen LogP contribution in [0.3, 0.4) is 0 Å². The van der Waals surface area contributed by atoms with Crippen LogP contribution in [0, 0.1) is 6.92 Å². The van der Waals surface area contributed by atoms with E-state index in [1.807, 2.05) is 18.4 Å². The van der Waals surface area contributed by atoms with Gasteiger partial charge < -0.3 is 5.32 Å². The van der Waals surface area contributed by atoms with E-state index < -0.39 is 0 Å². The summed E-state index contributed by atoms with van der Waals surface area (Å²) < 4.78 is 0. The SMILES string of the molecule is Cc1cc(Cl)ccc1NC(=O)CCC(=O)c1cccs1. The van der Waals surface area contributed by atoms with E-state index in [2.05, 4.69) is 5.32 Å². The Morgan fingerprint density at radius 3 is 2.70 bits per heavy atom. The number of carbonyl (C=O) groups excluding carboxylic acids is 2. The van der Waals surface area contributed by atoms with Gasteiger partial charge in [-0.15, -0.1) is 11.3 Å². The number of amides is 1. The van der Waals surface area contributed by atoms with E-state index in [1.54, 1.807) is 24.3 Å². The number of nitrogens with one attached hydrogen (secondary N) is 1. The third-order valence-electron chi connectivity index (χ3n) is 2.84. The largest absolute Gasteiger partial charge is 0.326 e. The van der Waals surface area contributed by atoms with Gasteiger partial charge in [0.25, 0.3) is 0 Å². The zero-order valence-electron chi connectivity index (χ0n) is 11.0. The number of aryl methyl sites for hydroxylation is 1. The lowest BCUT2D eigenvalue weighted by Gasteiger charge is -2.08. The molecule has 0 bridgehead atoms. The van der Waals surface area contributed by atoms with Crippen molar-refractivity contribution >= 4 is 40.3 Å². The van der Waals surface area contributed by atoms with Crippen molar-refractivity contribution in [3.63, 3.8) is 0 Å². The number of carbonyl (C=O) groups is 2. The Hall–Kier alpha value is -1.65. The van der Waals surface area contributed by atoms with Crippen LogP contribution in [0.5, 0.6) is 0 Å². The molecule has 0 aliphatic carbocycles. The summed E-state index contributed by atoms with van der Waals surface area (Å²) in [6.45, 7) is 1.87. The molecule has 1 N–H and O–H groups in total. The van der Waals surface area contributed by atoms with E-state index in [0.29, 0.717) is 9.90 Å². The van der Waals surface area contributed by atoms with Crippen LogP contribution in [-0.4, -0.2) is 11.7 Å². The molecule has 20 heavy (non-hydrogen) atoms. The highest BCUT2D eigenvalue weighted by Crippen LogP contribution is 2.20. The van der Waals surface area contributed by atoms with Crippen LogP contribution in [0.4, 0.5) is 5.69 Å². The smallest absolute Gasteiger partial charge is 0.224 e. The predicted molar refractivity (Wildman–Crippen MR) is 82.7 cm³/mol. The summed E-state index contributed by atoms with van der Waals surface area (Å²) in [5, 5.41) is 5.28. The molecular formula is C15H14ClNO2S. The number of thiophene rings is 1. The number of rotatable bonds is 5. The van der Waals surface area contributed by atoms with E-state index in [-0.39, 0.29) is 24.5 Å². The van der Waals surface area contributed by atoms with Crippen LogP contribution in [0.15, 0.2) is 35.7 Å². The molecule has 2 rings (SSSR count). The van der Waals surface area contributed by atoms with Crippen LogP contribution in [0.2, 0.25) is 5.02 Å². The van der Waals surface area contributed by atoms with Crippen LogP contribution in [0.25, 0.3) is 0 Å². The molecule has 0 aliphatic rings. The number of Topliss-reactive ketones (excluding diaryl/α,β-unsaturated/α-hetero) is 1. The molecule has 3 nitrogen and oxygen atoms in total. The van der Waals surface area contributed by atoms with Gasteiger partial charge in [-0.25, -0.2) is 0 Å². The topological polar surface area (TPSA) is 46.2 Å². The van der Waals surface area contributed by atoms with Gasteiger partial charge in [-0.2, -0.15) is 0 Å². The van der Waals surface area contributed by atoms with Gasteiger partial charge in [-0.05, 0) is 42.1 Å². The average Bonchev–Trinajstić information content (AvgIpc) is 2.93. The van der Waals surface area contributed by atoms with E-state index in [0.717, 1.165) is 11.3 Å². The Balaban J connectivity index is 1.88. The maximum atomic E-state index is 11.8. The van der Waals surface area contributed by atoms with E-state index >= 15 is 0 Å². The molecule has 0 unspecified atom stereocenters. The lowest BCUT2D eigenvalue weighted by Crippen LogP contribution is -2.13. The first-order chi connectivity index (χ1) is 9.56. The molecule has 0 saturated heterocycles. The van der Waals surface area contributed by atoms with Crippen molar-refractivity contribution < 1.29 is 9.59 Å². The number of hydrogen-bond acceptors (Lipinski definition) is 3. The number of benzene rings is 1. The fourth-order valence-electron chi connectivity index (χ4n) is 1.77. The van der Waals surface area contributed by atoms with Crippen molar-refractivity contribution in [1.82, 2.24) is 0 Å². The van der Waals surface area contributed by atoms with Crippen LogP contribution >= 0.6 is 22.9 Å². The quantitative estimate of drug-likeness (QED) is 0.837. The van der Waals surface area contributed by atoms with Gasteiger partial charge in [-0.1, -0.05) is 17.7 Å². The van der Waals surface area contributed by atoms with Gasteiger partial charge in [0.1, 0.15) is 0 Å². The number of anilines is 1. The zero-order chi connectivity index (χ0) is 14.5. The maximum Gasteiger partial charge on any atom is 0.224 e. The Morgan fingerprint density at radius 1 is 1.25 bits per heavy atom.